The molecule has 136 valence electrons. The Morgan fingerprint density at radius 2 is 1.60 bits per heavy atom. The molecular formula is C20H27NO4. The van der Waals surface area contributed by atoms with Crippen LogP contribution in [0, 0.1) is 0 Å². The van der Waals surface area contributed by atoms with E-state index in [2.05, 4.69) is 12.2 Å². The van der Waals surface area contributed by atoms with Gasteiger partial charge in [0.1, 0.15) is 0 Å². The van der Waals surface area contributed by atoms with Crippen LogP contribution in [0.15, 0.2) is 17.8 Å². The lowest BCUT2D eigenvalue weighted by molar-refractivity contribution is -0.120. The number of nitrogens with one attached hydrogen (secondary N) is 1. The number of amides is 1. The van der Waals surface area contributed by atoms with Crippen LogP contribution >= 0.6 is 0 Å². The number of methoxy groups -OCH3 is 2. The molecule has 5 heteroatoms. The molecule has 2 rings (SSSR count). The molecule has 0 spiro atoms. The van der Waals surface area contributed by atoms with E-state index < -0.39 is 0 Å². The molecule has 0 aromatic heterocycles. The van der Waals surface area contributed by atoms with Gasteiger partial charge in [-0.05, 0) is 42.5 Å². The smallest absolute Gasteiger partial charge is 0.224 e. The van der Waals surface area contributed by atoms with E-state index in [0.29, 0.717) is 29.2 Å². The van der Waals surface area contributed by atoms with Gasteiger partial charge in [0.15, 0.2) is 11.5 Å². The van der Waals surface area contributed by atoms with E-state index in [1.807, 2.05) is 13.0 Å². The molecule has 0 atom stereocenters. The van der Waals surface area contributed by atoms with E-state index in [9.17, 15) is 9.59 Å². The Balaban J connectivity index is 2.42. The summed E-state index contributed by atoms with van der Waals surface area (Å²) in [4.78, 5) is 25.1. The van der Waals surface area contributed by atoms with Crippen LogP contribution in [-0.2, 0) is 4.79 Å². The Hall–Kier alpha value is -2.30. The highest BCUT2D eigenvalue weighted by Crippen LogP contribution is 2.41. The predicted octanol–water partition coefficient (Wildman–Crippen LogP) is 4.11. The van der Waals surface area contributed by atoms with E-state index in [1.54, 1.807) is 20.3 Å². The number of ketones is 1. The minimum atomic E-state index is -0.146. The maximum atomic E-state index is 12.9. The lowest BCUT2D eigenvalue weighted by Crippen LogP contribution is -2.26. The number of hydrogen-bond donors (Lipinski definition) is 1. The normalized spacial score (nSPS) is 13.0. The van der Waals surface area contributed by atoms with Crippen LogP contribution in [0.3, 0.4) is 0 Å². The number of hydrogen-bond acceptors (Lipinski definition) is 4. The fraction of sp³-hybridized carbons (Fsp3) is 0.500. The summed E-state index contributed by atoms with van der Waals surface area (Å²) < 4.78 is 10.7. The van der Waals surface area contributed by atoms with Crippen LogP contribution < -0.4 is 14.8 Å². The second-order valence-electron chi connectivity index (χ2n) is 6.19. The van der Waals surface area contributed by atoms with Crippen LogP contribution in [0.2, 0.25) is 0 Å². The third-order valence-electron chi connectivity index (χ3n) is 4.42. The van der Waals surface area contributed by atoms with Gasteiger partial charge in [-0.1, -0.05) is 26.7 Å². The molecule has 0 aliphatic heterocycles. The van der Waals surface area contributed by atoms with Gasteiger partial charge in [-0.25, -0.2) is 0 Å². The maximum Gasteiger partial charge on any atom is 0.224 e. The summed E-state index contributed by atoms with van der Waals surface area (Å²) in [6.07, 6.45) is 4.89. The van der Waals surface area contributed by atoms with Crippen molar-refractivity contribution in [1.82, 2.24) is 5.32 Å². The minimum Gasteiger partial charge on any atom is -0.493 e. The Bertz CT molecular complexity index is 691. The number of carbonyl (C=O) groups is 2. The average Bonchev–Trinajstić information content (AvgIpc) is 2.88. The number of Topliss-reactive ketones (excluding diaryl/α,β-unsaturated/α-hetero) is 1. The number of unbranched alkanes of at least 4 members (excludes halogenated alkanes) is 2. The Kier molecular flexibility index (Phi) is 6.62. The van der Waals surface area contributed by atoms with E-state index in [1.165, 1.54) is 0 Å². The molecule has 0 unspecified atom stereocenters. The summed E-state index contributed by atoms with van der Waals surface area (Å²) in [7, 11) is 3.12. The van der Waals surface area contributed by atoms with Gasteiger partial charge < -0.3 is 14.8 Å². The Labute approximate surface area is 149 Å². The van der Waals surface area contributed by atoms with Crippen LogP contribution in [0.5, 0.6) is 11.5 Å². The van der Waals surface area contributed by atoms with E-state index in [-0.39, 0.29) is 11.7 Å². The zero-order valence-electron chi connectivity index (χ0n) is 15.5. The maximum absolute atomic E-state index is 12.9. The van der Waals surface area contributed by atoms with Gasteiger partial charge in [-0.2, -0.15) is 0 Å². The highest BCUT2D eigenvalue weighted by molar-refractivity contribution is 6.22. The van der Waals surface area contributed by atoms with Crippen molar-refractivity contribution in [2.45, 2.75) is 52.4 Å². The van der Waals surface area contributed by atoms with Crippen molar-refractivity contribution in [3.63, 3.8) is 0 Å². The third kappa shape index (κ3) is 4.03. The molecule has 5 nitrogen and oxygen atoms in total. The molecule has 1 amide bonds. The van der Waals surface area contributed by atoms with Crippen molar-refractivity contribution >= 4 is 17.3 Å². The first-order valence-corrected chi connectivity index (χ1v) is 8.91. The Morgan fingerprint density at radius 3 is 2.16 bits per heavy atom. The number of fused-ring (bicyclic) bond motifs is 1. The molecule has 0 fully saturated rings. The van der Waals surface area contributed by atoms with Gasteiger partial charge in [-0.15, -0.1) is 0 Å². The zero-order valence-corrected chi connectivity index (χ0v) is 15.5. The van der Waals surface area contributed by atoms with Gasteiger partial charge in [0.2, 0.25) is 11.7 Å². The molecule has 1 aromatic rings. The topological polar surface area (TPSA) is 64.6 Å². The number of allylic oxidation sites excluding steroid dienone is 2. The minimum absolute atomic E-state index is 0.106. The van der Waals surface area contributed by atoms with Crippen molar-refractivity contribution in [2.75, 3.05) is 14.2 Å². The molecule has 0 radical (unpaired) electrons. The second-order valence-corrected chi connectivity index (χ2v) is 6.19. The third-order valence-corrected chi connectivity index (χ3v) is 4.42. The van der Waals surface area contributed by atoms with Crippen LogP contribution in [0.4, 0.5) is 0 Å². The summed E-state index contributed by atoms with van der Waals surface area (Å²) in [5, 5.41) is 2.85. The molecule has 1 aromatic carbocycles. The Morgan fingerprint density at radius 1 is 1.00 bits per heavy atom. The van der Waals surface area contributed by atoms with Gasteiger partial charge >= 0.3 is 0 Å². The fourth-order valence-electron chi connectivity index (χ4n) is 3.01. The van der Waals surface area contributed by atoms with E-state index >= 15 is 0 Å². The van der Waals surface area contributed by atoms with Crippen molar-refractivity contribution in [3.05, 3.63) is 29.0 Å². The van der Waals surface area contributed by atoms with Crippen molar-refractivity contribution < 1.29 is 19.1 Å². The van der Waals surface area contributed by atoms with Gasteiger partial charge in [0.05, 0.1) is 19.9 Å². The van der Waals surface area contributed by atoms with Gasteiger partial charge in [0, 0.05) is 12.0 Å². The monoisotopic (exact) mass is 345 g/mol. The van der Waals surface area contributed by atoms with Crippen molar-refractivity contribution in [3.8, 4) is 11.5 Å². The SMILES string of the molecule is CCCCC(=O)NC1=C(CCCC)c2cc(OC)c(OC)cc2C1=O. The van der Waals surface area contributed by atoms with E-state index in [0.717, 1.165) is 43.2 Å². The number of ether oxygens (including phenoxy) is 2. The second kappa shape index (κ2) is 8.70. The molecule has 0 saturated carbocycles. The first kappa shape index (κ1) is 19.0. The van der Waals surface area contributed by atoms with Gasteiger partial charge in [0.25, 0.3) is 0 Å². The first-order chi connectivity index (χ1) is 12.1. The lowest BCUT2D eigenvalue weighted by Gasteiger charge is -2.11. The molecule has 1 N–H and O–H groups in total. The summed E-state index contributed by atoms with van der Waals surface area (Å²) in [5.74, 6) is 0.849. The summed E-state index contributed by atoms with van der Waals surface area (Å²) in [6.45, 7) is 4.14. The highest BCUT2D eigenvalue weighted by atomic mass is 16.5. The van der Waals surface area contributed by atoms with E-state index in [4.69, 9.17) is 9.47 Å². The quantitative estimate of drug-likeness (QED) is 0.731. The first-order valence-electron chi connectivity index (χ1n) is 8.91. The fourth-order valence-corrected chi connectivity index (χ4v) is 3.01. The molecule has 0 heterocycles. The lowest BCUT2D eigenvalue weighted by atomic mass is 10.00. The molecule has 0 bridgehead atoms. The molecule has 25 heavy (non-hydrogen) atoms. The zero-order chi connectivity index (χ0) is 18.4. The molecule has 1 aliphatic carbocycles. The average molecular weight is 345 g/mol. The van der Waals surface area contributed by atoms with Crippen LogP contribution in [0.25, 0.3) is 5.57 Å². The number of carbonyl (C=O) groups excluding carboxylic acids is 2. The standard InChI is InChI=1S/C20H27NO4/c1-5-7-9-13-14-11-16(24-3)17(25-4)12-15(14)20(23)19(13)21-18(22)10-8-6-2/h11-12H,5-10H2,1-4H3,(H,21,22,23). The van der Waals surface area contributed by atoms with Crippen molar-refractivity contribution in [1.29, 1.82) is 0 Å². The van der Waals surface area contributed by atoms with Crippen LogP contribution in [0.1, 0.15) is 68.3 Å². The summed E-state index contributed by atoms with van der Waals surface area (Å²) >= 11 is 0. The molecule has 0 saturated heterocycles. The molecular weight excluding hydrogens is 318 g/mol. The predicted molar refractivity (Wildman–Crippen MR) is 98.0 cm³/mol. The largest absolute Gasteiger partial charge is 0.493 e. The number of rotatable bonds is 9. The summed E-state index contributed by atoms with van der Waals surface area (Å²) in [6, 6.07) is 3.54. The van der Waals surface area contributed by atoms with Crippen LogP contribution in [-0.4, -0.2) is 25.9 Å². The van der Waals surface area contributed by atoms with Gasteiger partial charge in [-0.3, -0.25) is 9.59 Å². The summed E-state index contributed by atoms with van der Waals surface area (Å²) in [5.41, 5.74) is 2.71. The molecule has 1 aliphatic rings. The number of benzene rings is 1. The highest BCUT2D eigenvalue weighted by Gasteiger charge is 2.32. The van der Waals surface area contributed by atoms with Crippen molar-refractivity contribution in [2.24, 2.45) is 0 Å².